The van der Waals surface area contributed by atoms with Gasteiger partial charge in [-0.05, 0) is 18.8 Å². The predicted octanol–water partition coefficient (Wildman–Crippen LogP) is 3.09. The van der Waals surface area contributed by atoms with Gasteiger partial charge in [-0.3, -0.25) is 0 Å². The Morgan fingerprint density at radius 1 is 1.36 bits per heavy atom. The lowest BCUT2D eigenvalue weighted by Crippen LogP contribution is -2.30. The standard InChI is InChI=1S/C11H19BrO2/c1-9-3-2-5-11(6-4-9)13-8-10(7-12)14-11/h9-10H,2-8H2,1H3. The van der Waals surface area contributed by atoms with E-state index in [1.165, 1.54) is 19.3 Å². The van der Waals surface area contributed by atoms with E-state index in [4.69, 9.17) is 9.47 Å². The fraction of sp³-hybridized carbons (Fsp3) is 1.00. The van der Waals surface area contributed by atoms with E-state index in [0.717, 1.165) is 30.7 Å². The van der Waals surface area contributed by atoms with Gasteiger partial charge < -0.3 is 9.47 Å². The van der Waals surface area contributed by atoms with Crippen molar-refractivity contribution in [3.63, 3.8) is 0 Å². The molecule has 0 aromatic heterocycles. The first-order valence-electron chi connectivity index (χ1n) is 5.62. The van der Waals surface area contributed by atoms with Crippen molar-refractivity contribution in [1.29, 1.82) is 0 Å². The highest BCUT2D eigenvalue weighted by Crippen LogP contribution is 2.38. The molecule has 3 heteroatoms. The number of hydrogen-bond donors (Lipinski definition) is 0. The van der Waals surface area contributed by atoms with Crippen molar-refractivity contribution in [3.8, 4) is 0 Å². The third kappa shape index (κ3) is 2.31. The van der Waals surface area contributed by atoms with Crippen LogP contribution in [0, 0.1) is 5.92 Å². The summed E-state index contributed by atoms with van der Waals surface area (Å²) in [5.41, 5.74) is 0. The van der Waals surface area contributed by atoms with Gasteiger partial charge in [0.25, 0.3) is 0 Å². The average molecular weight is 263 g/mol. The van der Waals surface area contributed by atoms with Crippen LogP contribution < -0.4 is 0 Å². The Hall–Kier alpha value is 0.400. The normalized spacial score (nSPS) is 44.1. The van der Waals surface area contributed by atoms with Crippen molar-refractivity contribution in [2.45, 2.75) is 50.9 Å². The minimum atomic E-state index is -0.219. The molecule has 1 spiro atoms. The molecular formula is C11H19BrO2. The van der Waals surface area contributed by atoms with Crippen molar-refractivity contribution >= 4 is 15.9 Å². The summed E-state index contributed by atoms with van der Waals surface area (Å²) < 4.78 is 11.9. The van der Waals surface area contributed by atoms with Crippen LogP contribution in [0.1, 0.15) is 39.0 Å². The third-order valence-corrected chi connectivity index (χ3v) is 4.08. The molecule has 1 aliphatic heterocycles. The van der Waals surface area contributed by atoms with E-state index in [1.807, 2.05) is 0 Å². The first-order valence-corrected chi connectivity index (χ1v) is 6.74. The Morgan fingerprint density at radius 3 is 2.93 bits per heavy atom. The summed E-state index contributed by atoms with van der Waals surface area (Å²) in [6.45, 7) is 3.09. The molecule has 2 aliphatic rings. The maximum atomic E-state index is 6.00. The average Bonchev–Trinajstić information content (AvgIpc) is 2.50. The summed E-state index contributed by atoms with van der Waals surface area (Å²) >= 11 is 3.45. The number of halogens is 1. The minimum absolute atomic E-state index is 0.219. The second-order valence-corrected chi connectivity index (χ2v) is 5.30. The van der Waals surface area contributed by atoms with E-state index < -0.39 is 0 Å². The first-order chi connectivity index (χ1) is 6.74. The van der Waals surface area contributed by atoms with E-state index in [2.05, 4.69) is 22.9 Å². The Morgan fingerprint density at radius 2 is 2.21 bits per heavy atom. The molecule has 0 N–H and O–H groups in total. The zero-order valence-electron chi connectivity index (χ0n) is 8.80. The molecule has 0 amide bonds. The Balaban J connectivity index is 1.95. The topological polar surface area (TPSA) is 18.5 Å². The largest absolute Gasteiger partial charge is 0.347 e. The molecule has 0 bridgehead atoms. The molecule has 2 nitrogen and oxygen atoms in total. The summed E-state index contributed by atoms with van der Waals surface area (Å²) in [4.78, 5) is 0. The SMILES string of the molecule is CC1CCCC2(CC1)OCC(CBr)O2. The Labute approximate surface area is 94.5 Å². The van der Waals surface area contributed by atoms with Crippen LogP contribution in [-0.2, 0) is 9.47 Å². The predicted molar refractivity (Wildman–Crippen MR) is 59.6 cm³/mol. The van der Waals surface area contributed by atoms with Gasteiger partial charge in [-0.2, -0.15) is 0 Å². The van der Waals surface area contributed by atoms with Crippen LogP contribution >= 0.6 is 15.9 Å². The molecule has 2 rings (SSSR count). The Bertz CT molecular complexity index is 198. The van der Waals surface area contributed by atoms with Gasteiger partial charge in [-0.15, -0.1) is 0 Å². The van der Waals surface area contributed by atoms with Crippen LogP contribution in [0.15, 0.2) is 0 Å². The van der Waals surface area contributed by atoms with Gasteiger partial charge in [0.2, 0.25) is 0 Å². The van der Waals surface area contributed by atoms with Gasteiger partial charge in [0.05, 0.1) is 12.7 Å². The van der Waals surface area contributed by atoms with Crippen LogP contribution in [-0.4, -0.2) is 23.8 Å². The molecule has 0 aromatic carbocycles. The summed E-state index contributed by atoms with van der Waals surface area (Å²) in [5, 5.41) is 0.893. The summed E-state index contributed by atoms with van der Waals surface area (Å²) in [6.07, 6.45) is 6.25. The van der Waals surface area contributed by atoms with Gasteiger partial charge in [0.15, 0.2) is 5.79 Å². The number of rotatable bonds is 1. The maximum absolute atomic E-state index is 6.00. The summed E-state index contributed by atoms with van der Waals surface area (Å²) in [6, 6.07) is 0. The monoisotopic (exact) mass is 262 g/mol. The highest BCUT2D eigenvalue weighted by atomic mass is 79.9. The van der Waals surface area contributed by atoms with Crippen LogP contribution in [0.3, 0.4) is 0 Å². The quantitative estimate of drug-likeness (QED) is 0.677. The summed E-state index contributed by atoms with van der Waals surface area (Å²) in [5.74, 6) is 0.619. The molecule has 0 radical (unpaired) electrons. The Kier molecular flexibility index (Phi) is 3.50. The lowest BCUT2D eigenvalue weighted by molar-refractivity contribution is -0.174. The smallest absolute Gasteiger partial charge is 0.168 e. The lowest BCUT2D eigenvalue weighted by Gasteiger charge is -2.26. The fourth-order valence-electron chi connectivity index (χ4n) is 2.41. The van der Waals surface area contributed by atoms with Crippen LogP contribution in [0.2, 0.25) is 0 Å². The molecule has 1 heterocycles. The molecule has 0 aromatic rings. The highest BCUT2D eigenvalue weighted by molar-refractivity contribution is 9.09. The second-order valence-electron chi connectivity index (χ2n) is 4.65. The van der Waals surface area contributed by atoms with Crippen molar-refractivity contribution in [2.24, 2.45) is 5.92 Å². The highest BCUT2D eigenvalue weighted by Gasteiger charge is 2.41. The minimum Gasteiger partial charge on any atom is -0.347 e. The van der Waals surface area contributed by atoms with E-state index >= 15 is 0 Å². The second kappa shape index (κ2) is 4.50. The van der Waals surface area contributed by atoms with Gasteiger partial charge >= 0.3 is 0 Å². The molecular weight excluding hydrogens is 244 g/mol. The van der Waals surface area contributed by atoms with E-state index in [-0.39, 0.29) is 11.9 Å². The molecule has 14 heavy (non-hydrogen) atoms. The van der Waals surface area contributed by atoms with E-state index in [0.29, 0.717) is 0 Å². The zero-order valence-corrected chi connectivity index (χ0v) is 10.4. The number of ether oxygens (including phenoxy) is 2. The van der Waals surface area contributed by atoms with Gasteiger partial charge in [0, 0.05) is 18.2 Å². The van der Waals surface area contributed by atoms with Gasteiger partial charge in [0.1, 0.15) is 0 Å². The van der Waals surface area contributed by atoms with Crippen LogP contribution in [0.25, 0.3) is 0 Å². The molecule has 1 saturated heterocycles. The maximum Gasteiger partial charge on any atom is 0.168 e. The number of hydrogen-bond acceptors (Lipinski definition) is 2. The number of alkyl halides is 1. The first kappa shape index (κ1) is 10.9. The van der Waals surface area contributed by atoms with Crippen molar-refractivity contribution in [2.75, 3.05) is 11.9 Å². The van der Waals surface area contributed by atoms with Gasteiger partial charge in [-0.1, -0.05) is 29.3 Å². The molecule has 2 fully saturated rings. The third-order valence-electron chi connectivity index (χ3n) is 3.36. The zero-order chi connectivity index (χ0) is 10.0. The molecule has 1 aliphatic carbocycles. The van der Waals surface area contributed by atoms with E-state index in [9.17, 15) is 0 Å². The lowest BCUT2D eigenvalue weighted by atomic mass is 10.0. The molecule has 82 valence electrons. The van der Waals surface area contributed by atoms with Crippen molar-refractivity contribution in [3.05, 3.63) is 0 Å². The van der Waals surface area contributed by atoms with Crippen LogP contribution in [0.4, 0.5) is 0 Å². The van der Waals surface area contributed by atoms with Gasteiger partial charge in [-0.25, -0.2) is 0 Å². The summed E-state index contributed by atoms with van der Waals surface area (Å²) in [7, 11) is 0. The van der Waals surface area contributed by atoms with Crippen LogP contribution in [0.5, 0.6) is 0 Å². The van der Waals surface area contributed by atoms with Crippen molar-refractivity contribution < 1.29 is 9.47 Å². The molecule has 3 unspecified atom stereocenters. The van der Waals surface area contributed by atoms with E-state index in [1.54, 1.807) is 0 Å². The molecule has 3 atom stereocenters. The fourth-order valence-corrected chi connectivity index (χ4v) is 2.73. The van der Waals surface area contributed by atoms with Crippen molar-refractivity contribution in [1.82, 2.24) is 0 Å². The molecule has 1 saturated carbocycles.